The molecule has 3 nitrogen and oxygen atoms in total. The Morgan fingerprint density at radius 2 is 1.70 bits per heavy atom. The van der Waals surface area contributed by atoms with Crippen molar-refractivity contribution in [3.63, 3.8) is 0 Å². The number of benzene rings is 2. The van der Waals surface area contributed by atoms with Gasteiger partial charge in [0.05, 0.1) is 11.3 Å². The van der Waals surface area contributed by atoms with Gasteiger partial charge < -0.3 is 5.73 Å². The van der Waals surface area contributed by atoms with Gasteiger partial charge in [0.2, 0.25) is 5.91 Å². The van der Waals surface area contributed by atoms with Crippen LogP contribution in [0, 0.1) is 0 Å². The first kappa shape index (κ1) is 15.0. The van der Waals surface area contributed by atoms with E-state index in [9.17, 15) is 18.0 Å². The lowest BCUT2D eigenvalue weighted by molar-refractivity contribution is -0.137. The zero-order valence-corrected chi connectivity index (χ0v) is 11.8. The molecule has 0 bridgehead atoms. The molecule has 1 amide bonds. The van der Waals surface area contributed by atoms with Crippen molar-refractivity contribution in [2.24, 2.45) is 5.73 Å². The van der Waals surface area contributed by atoms with Crippen molar-refractivity contribution >= 4 is 16.7 Å². The first-order valence-electron chi connectivity index (χ1n) is 6.72. The molecule has 2 aromatic carbocycles. The Kier molecular flexibility index (Phi) is 3.52. The minimum absolute atomic E-state index is 0.363. The third-order valence-corrected chi connectivity index (χ3v) is 3.53. The van der Waals surface area contributed by atoms with Gasteiger partial charge in [0.15, 0.2) is 0 Å². The summed E-state index contributed by atoms with van der Waals surface area (Å²) in [6, 6.07) is 11.4. The van der Waals surface area contributed by atoms with Crippen molar-refractivity contribution in [3.05, 3.63) is 65.9 Å². The number of hydrogen-bond donors (Lipinski definition) is 1. The number of amides is 1. The van der Waals surface area contributed by atoms with Crippen molar-refractivity contribution in [1.29, 1.82) is 0 Å². The molecular formula is C17H11F3N2O. The summed E-state index contributed by atoms with van der Waals surface area (Å²) in [6.45, 7) is 0. The van der Waals surface area contributed by atoms with E-state index in [1.54, 1.807) is 30.5 Å². The summed E-state index contributed by atoms with van der Waals surface area (Å²) in [5, 5.41) is 1.48. The van der Waals surface area contributed by atoms with Gasteiger partial charge in [0.1, 0.15) is 0 Å². The summed E-state index contributed by atoms with van der Waals surface area (Å²) in [4.78, 5) is 15.5. The number of halogens is 3. The van der Waals surface area contributed by atoms with E-state index in [0.717, 1.165) is 22.9 Å². The molecule has 0 unspecified atom stereocenters. The predicted molar refractivity (Wildman–Crippen MR) is 80.7 cm³/mol. The second kappa shape index (κ2) is 5.39. The van der Waals surface area contributed by atoms with E-state index in [4.69, 9.17) is 5.73 Å². The van der Waals surface area contributed by atoms with Crippen LogP contribution in [0.3, 0.4) is 0 Å². The standard InChI is InChI=1S/C17H11F3N2O/c18-17(19,20)13-4-1-10(2-5-13)15-14-6-3-12(16(21)23)9-11(14)7-8-22-15/h1-9H,(H2,21,23). The molecular weight excluding hydrogens is 305 g/mol. The van der Waals surface area contributed by atoms with Gasteiger partial charge in [-0.1, -0.05) is 18.2 Å². The molecule has 0 aliphatic heterocycles. The van der Waals surface area contributed by atoms with E-state index in [1.807, 2.05) is 0 Å². The largest absolute Gasteiger partial charge is 0.416 e. The van der Waals surface area contributed by atoms with Crippen LogP contribution < -0.4 is 5.73 Å². The smallest absolute Gasteiger partial charge is 0.366 e. The highest BCUT2D eigenvalue weighted by Gasteiger charge is 2.30. The lowest BCUT2D eigenvalue weighted by Crippen LogP contribution is -2.10. The summed E-state index contributed by atoms with van der Waals surface area (Å²) >= 11 is 0. The second-order valence-electron chi connectivity index (χ2n) is 5.03. The zero-order chi connectivity index (χ0) is 16.6. The number of alkyl halides is 3. The fourth-order valence-corrected chi connectivity index (χ4v) is 2.38. The molecule has 0 saturated heterocycles. The molecule has 116 valence electrons. The quantitative estimate of drug-likeness (QED) is 0.776. The van der Waals surface area contributed by atoms with Gasteiger partial charge in [0.25, 0.3) is 0 Å². The highest BCUT2D eigenvalue weighted by atomic mass is 19.4. The normalized spacial score (nSPS) is 11.6. The number of primary amides is 1. The number of carbonyl (C=O) groups excluding carboxylic acids is 1. The number of nitrogens with zero attached hydrogens (tertiary/aromatic N) is 1. The van der Waals surface area contributed by atoms with Crippen LogP contribution in [0.25, 0.3) is 22.0 Å². The van der Waals surface area contributed by atoms with Crippen molar-refractivity contribution < 1.29 is 18.0 Å². The fourth-order valence-electron chi connectivity index (χ4n) is 2.38. The fraction of sp³-hybridized carbons (Fsp3) is 0.0588. The number of rotatable bonds is 2. The number of nitrogens with two attached hydrogens (primary N) is 1. The van der Waals surface area contributed by atoms with E-state index >= 15 is 0 Å². The van der Waals surface area contributed by atoms with Gasteiger partial charge in [-0.3, -0.25) is 9.78 Å². The maximum atomic E-state index is 12.6. The van der Waals surface area contributed by atoms with Crippen LogP contribution in [0.1, 0.15) is 15.9 Å². The molecule has 1 aromatic heterocycles. The van der Waals surface area contributed by atoms with E-state index in [1.165, 1.54) is 12.1 Å². The summed E-state index contributed by atoms with van der Waals surface area (Å²) in [5.74, 6) is -0.542. The van der Waals surface area contributed by atoms with Crippen LogP contribution in [-0.4, -0.2) is 10.9 Å². The predicted octanol–water partition coefficient (Wildman–Crippen LogP) is 4.02. The number of fused-ring (bicyclic) bond motifs is 1. The molecule has 0 fully saturated rings. The minimum atomic E-state index is -4.37. The first-order valence-corrected chi connectivity index (χ1v) is 6.72. The number of aromatic nitrogens is 1. The Balaban J connectivity index is 2.11. The van der Waals surface area contributed by atoms with Crippen LogP contribution in [0.2, 0.25) is 0 Å². The van der Waals surface area contributed by atoms with Crippen LogP contribution in [0.15, 0.2) is 54.7 Å². The van der Waals surface area contributed by atoms with Gasteiger partial charge in [0, 0.05) is 22.7 Å². The number of hydrogen-bond acceptors (Lipinski definition) is 2. The van der Waals surface area contributed by atoms with Crippen LogP contribution in [0.5, 0.6) is 0 Å². The van der Waals surface area contributed by atoms with E-state index in [-0.39, 0.29) is 0 Å². The Morgan fingerprint density at radius 1 is 1.00 bits per heavy atom. The van der Waals surface area contributed by atoms with E-state index in [2.05, 4.69) is 4.98 Å². The first-order chi connectivity index (χ1) is 10.9. The molecule has 2 N–H and O–H groups in total. The Labute approximate surface area is 129 Å². The third-order valence-electron chi connectivity index (χ3n) is 3.53. The molecule has 0 spiro atoms. The van der Waals surface area contributed by atoms with Gasteiger partial charge in [-0.25, -0.2) is 0 Å². The van der Waals surface area contributed by atoms with Crippen LogP contribution in [-0.2, 0) is 6.18 Å². The highest BCUT2D eigenvalue weighted by molar-refractivity contribution is 6.01. The molecule has 0 radical (unpaired) electrons. The zero-order valence-electron chi connectivity index (χ0n) is 11.8. The number of pyridine rings is 1. The summed E-state index contributed by atoms with van der Waals surface area (Å²) < 4.78 is 37.9. The molecule has 3 rings (SSSR count). The maximum absolute atomic E-state index is 12.6. The van der Waals surface area contributed by atoms with Gasteiger partial charge in [-0.15, -0.1) is 0 Å². The summed E-state index contributed by atoms with van der Waals surface area (Å²) in [6.07, 6.45) is -2.83. The Morgan fingerprint density at radius 3 is 2.30 bits per heavy atom. The average Bonchev–Trinajstić information content (AvgIpc) is 2.53. The lowest BCUT2D eigenvalue weighted by Gasteiger charge is -2.09. The molecule has 0 aliphatic rings. The third kappa shape index (κ3) is 2.88. The highest BCUT2D eigenvalue weighted by Crippen LogP contribution is 2.32. The topological polar surface area (TPSA) is 56.0 Å². The Hall–Kier alpha value is -2.89. The molecule has 0 saturated carbocycles. The number of carbonyl (C=O) groups is 1. The van der Waals surface area contributed by atoms with Crippen molar-refractivity contribution in [2.45, 2.75) is 6.18 Å². The molecule has 6 heteroatoms. The van der Waals surface area contributed by atoms with Crippen molar-refractivity contribution in [1.82, 2.24) is 4.98 Å². The maximum Gasteiger partial charge on any atom is 0.416 e. The van der Waals surface area contributed by atoms with Crippen molar-refractivity contribution in [2.75, 3.05) is 0 Å². The van der Waals surface area contributed by atoms with Gasteiger partial charge >= 0.3 is 6.18 Å². The molecule has 0 atom stereocenters. The summed E-state index contributed by atoms with van der Waals surface area (Å²) in [7, 11) is 0. The van der Waals surface area contributed by atoms with Crippen molar-refractivity contribution in [3.8, 4) is 11.3 Å². The SMILES string of the molecule is NC(=O)c1ccc2c(-c3ccc(C(F)(F)F)cc3)nccc2c1. The lowest BCUT2D eigenvalue weighted by atomic mass is 10.0. The second-order valence-corrected chi connectivity index (χ2v) is 5.03. The van der Waals surface area contributed by atoms with Crippen LogP contribution >= 0.6 is 0 Å². The average molecular weight is 316 g/mol. The molecule has 1 heterocycles. The van der Waals surface area contributed by atoms with Gasteiger partial charge in [-0.2, -0.15) is 13.2 Å². The van der Waals surface area contributed by atoms with E-state index in [0.29, 0.717) is 16.8 Å². The molecule has 3 aromatic rings. The van der Waals surface area contributed by atoms with E-state index < -0.39 is 17.6 Å². The molecule has 0 aliphatic carbocycles. The monoisotopic (exact) mass is 316 g/mol. The Bertz CT molecular complexity index is 886. The minimum Gasteiger partial charge on any atom is -0.366 e. The van der Waals surface area contributed by atoms with Crippen LogP contribution in [0.4, 0.5) is 13.2 Å². The van der Waals surface area contributed by atoms with Gasteiger partial charge in [-0.05, 0) is 35.7 Å². The molecule has 23 heavy (non-hydrogen) atoms. The summed E-state index contributed by atoms with van der Waals surface area (Å²) in [5.41, 5.74) is 6.02.